The molecule has 0 bridgehead atoms. The molecule has 0 saturated heterocycles. The van der Waals surface area contributed by atoms with Gasteiger partial charge in [-0.2, -0.15) is 5.10 Å². The van der Waals surface area contributed by atoms with E-state index in [4.69, 9.17) is 4.74 Å². The van der Waals surface area contributed by atoms with Gasteiger partial charge in [-0.1, -0.05) is 25.5 Å². The molecular formula is C22H22N4O3. The Bertz CT molecular complexity index is 1240. The van der Waals surface area contributed by atoms with Crippen molar-refractivity contribution >= 4 is 22.5 Å². The normalized spacial score (nSPS) is 11.2. The highest BCUT2D eigenvalue weighted by atomic mass is 16.5. The molecule has 0 aliphatic rings. The molecule has 148 valence electrons. The van der Waals surface area contributed by atoms with Crippen LogP contribution in [0.4, 0.5) is 0 Å². The van der Waals surface area contributed by atoms with E-state index in [0.717, 1.165) is 24.9 Å². The number of benzene rings is 1. The maximum atomic E-state index is 13.1. The fourth-order valence-electron chi connectivity index (χ4n) is 3.38. The molecule has 0 amide bonds. The quantitative estimate of drug-likeness (QED) is 0.471. The third-order valence-corrected chi connectivity index (χ3v) is 4.92. The molecule has 4 aromatic rings. The highest BCUT2D eigenvalue weighted by Gasteiger charge is 2.17. The molecule has 0 aliphatic heterocycles. The van der Waals surface area contributed by atoms with Crippen molar-refractivity contribution in [1.82, 2.24) is 19.2 Å². The van der Waals surface area contributed by atoms with E-state index in [1.165, 1.54) is 22.5 Å². The van der Waals surface area contributed by atoms with Crippen LogP contribution < -0.4 is 5.56 Å². The zero-order valence-electron chi connectivity index (χ0n) is 16.5. The molecule has 0 fully saturated rings. The van der Waals surface area contributed by atoms with Crippen molar-refractivity contribution in [2.45, 2.75) is 33.1 Å². The zero-order valence-corrected chi connectivity index (χ0v) is 16.5. The van der Waals surface area contributed by atoms with Gasteiger partial charge < -0.3 is 4.74 Å². The molecule has 29 heavy (non-hydrogen) atoms. The van der Waals surface area contributed by atoms with Gasteiger partial charge in [0.1, 0.15) is 5.56 Å². The lowest BCUT2D eigenvalue weighted by molar-refractivity contribution is 0.0528. The van der Waals surface area contributed by atoms with E-state index in [-0.39, 0.29) is 17.7 Å². The summed E-state index contributed by atoms with van der Waals surface area (Å²) in [5.74, 6) is -0.481. The molecule has 0 N–H and O–H groups in total. The van der Waals surface area contributed by atoms with E-state index >= 15 is 0 Å². The number of esters is 1. The molecule has 1 aromatic carbocycles. The Morgan fingerprint density at radius 3 is 2.62 bits per heavy atom. The highest BCUT2D eigenvalue weighted by molar-refractivity contribution is 5.96. The molecule has 0 unspecified atom stereocenters. The number of unbranched alkanes of at least 4 members (excludes halogenated alkanes) is 1. The lowest BCUT2D eigenvalue weighted by atomic mass is 10.1. The molecule has 0 aliphatic carbocycles. The molecule has 3 heterocycles. The van der Waals surface area contributed by atoms with E-state index < -0.39 is 5.97 Å². The first-order valence-corrected chi connectivity index (χ1v) is 9.78. The molecule has 0 atom stereocenters. The predicted octanol–water partition coefficient (Wildman–Crippen LogP) is 3.55. The summed E-state index contributed by atoms with van der Waals surface area (Å²) in [6, 6.07) is 9.83. The van der Waals surface area contributed by atoms with E-state index in [0.29, 0.717) is 16.6 Å². The van der Waals surface area contributed by atoms with Gasteiger partial charge in [0.15, 0.2) is 5.65 Å². The van der Waals surface area contributed by atoms with Gasteiger partial charge in [-0.3, -0.25) is 9.36 Å². The summed E-state index contributed by atoms with van der Waals surface area (Å²) in [6.45, 7) is 4.18. The summed E-state index contributed by atoms with van der Waals surface area (Å²) < 4.78 is 8.14. The van der Waals surface area contributed by atoms with Gasteiger partial charge >= 0.3 is 5.97 Å². The SMILES string of the molecule is CCCCc1ccc(-n2ccc3c(cnc4c(C(=O)OCC)cnn43)c2=O)cc1. The minimum atomic E-state index is -0.481. The standard InChI is InChI=1S/C22H22N4O3/c1-3-5-6-15-7-9-16(10-8-15)25-12-11-19-17(21(25)27)13-23-20-18(14-24-26(19)20)22(28)29-4-2/h7-14H,3-6H2,1-2H3. The topological polar surface area (TPSA) is 78.5 Å². The van der Waals surface area contributed by atoms with Crippen molar-refractivity contribution in [1.29, 1.82) is 0 Å². The summed E-state index contributed by atoms with van der Waals surface area (Å²) in [5, 5.41) is 4.66. The molecule has 0 radical (unpaired) electrons. The van der Waals surface area contributed by atoms with E-state index in [1.807, 2.05) is 12.1 Å². The first-order chi connectivity index (χ1) is 14.1. The Labute approximate surface area is 167 Å². The molecule has 7 nitrogen and oxygen atoms in total. The summed E-state index contributed by atoms with van der Waals surface area (Å²) in [6.07, 6.45) is 7.96. The van der Waals surface area contributed by atoms with Gasteiger partial charge in [0.25, 0.3) is 5.56 Å². The first kappa shape index (κ1) is 18.9. The second-order valence-electron chi connectivity index (χ2n) is 6.83. The van der Waals surface area contributed by atoms with Crippen LogP contribution >= 0.6 is 0 Å². The number of aromatic nitrogens is 4. The van der Waals surface area contributed by atoms with Gasteiger partial charge in [0.05, 0.1) is 23.7 Å². The second-order valence-corrected chi connectivity index (χ2v) is 6.83. The van der Waals surface area contributed by atoms with Crippen molar-refractivity contribution in [3.63, 3.8) is 0 Å². The number of ether oxygens (including phenoxy) is 1. The molecule has 3 aromatic heterocycles. The van der Waals surface area contributed by atoms with Crippen molar-refractivity contribution < 1.29 is 9.53 Å². The van der Waals surface area contributed by atoms with Crippen LogP contribution in [0.15, 0.2) is 53.7 Å². The maximum Gasteiger partial charge on any atom is 0.343 e. The molecule has 0 saturated carbocycles. The average Bonchev–Trinajstić information content (AvgIpc) is 3.18. The van der Waals surface area contributed by atoms with Crippen LogP contribution in [0.2, 0.25) is 0 Å². The fraction of sp³-hybridized carbons (Fsp3) is 0.273. The third-order valence-electron chi connectivity index (χ3n) is 4.92. The van der Waals surface area contributed by atoms with E-state index in [2.05, 4.69) is 29.1 Å². The second kappa shape index (κ2) is 7.87. The monoisotopic (exact) mass is 390 g/mol. The van der Waals surface area contributed by atoms with Gasteiger partial charge in [-0.15, -0.1) is 0 Å². The minimum Gasteiger partial charge on any atom is -0.462 e. The fourth-order valence-corrected chi connectivity index (χ4v) is 3.38. The smallest absolute Gasteiger partial charge is 0.343 e. The number of carbonyl (C=O) groups excluding carboxylic acids is 1. The predicted molar refractivity (Wildman–Crippen MR) is 111 cm³/mol. The van der Waals surface area contributed by atoms with Crippen LogP contribution in [-0.2, 0) is 11.2 Å². The molecular weight excluding hydrogens is 368 g/mol. The van der Waals surface area contributed by atoms with E-state index in [1.54, 1.807) is 23.8 Å². The number of hydrogen-bond acceptors (Lipinski definition) is 5. The number of nitrogens with zero attached hydrogens (tertiary/aromatic N) is 4. The lowest BCUT2D eigenvalue weighted by Crippen LogP contribution is -2.19. The van der Waals surface area contributed by atoms with Crippen LogP contribution in [0, 0.1) is 0 Å². The lowest BCUT2D eigenvalue weighted by Gasteiger charge is -2.09. The first-order valence-electron chi connectivity index (χ1n) is 9.78. The van der Waals surface area contributed by atoms with Crippen molar-refractivity contribution in [3.8, 4) is 5.69 Å². The van der Waals surface area contributed by atoms with Crippen molar-refractivity contribution in [2.24, 2.45) is 0 Å². The zero-order chi connectivity index (χ0) is 20.4. The van der Waals surface area contributed by atoms with Gasteiger partial charge in [0, 0.05) is 18.1 Å². The van der Waals surface area contributed by atoms with Gasteiger partial charge in [0.2, 0.25) is 0 Å². The van der Waals surface area contributed by atoms with Crippen LogP contribution in [0.1, 0.15) is 42.6 Å². The minimum absolute atomic E-state index is 0.189. The number of hydrogen-bond donors (Lipinski definition) is 0. The number of fused-ring (bicyclic) bond motifs is 3. The van der Waals surface area contributed by atoms with Crippen LogP contribution in [0.25, 0.3) is 22.2 Å². The largest absolute Gasteiger partial charge is 0.462 e. The summed E-state index contributed by atoms with van der Waals surface area (Å²) in [5.41, 5.74) is 3.10. The van der Waals surface area contributed by atoms with Crippen LogP contribution in [-0.4, -0.2) is 31.7 Å². The maximum absolute atomic E-state index is 13.1. The Hall–Kier alpha value is -3.48. The number of pyridine rings is 1. The molecule has 0 spiro atoms. The van der Waals surface area contributed by atoms with E-state index in [9.17, 15) is 9.59 Å². The third kappa shape index (κ3) is 3.40. The summed E-state index contributed by atoms with van der Waals surface area (Å²) in [4.78, 5) is 29.4. The van der Waals surface area contributed by atoms with Gasteiger partial charge in [-0.25, -0.2) is 14.3 Å². The summed E-state index contributed by atoms with van der Waals surface area (Å²) in [7, 11) is 0. The van der Waals surface area contributed by atoms with Gasteiger partial charge in [-0.05, 0) is 43.5 Å². The molecule has 7 heteroatoms. The Kier molecular flexibility index (Phi) is 5.12. The number of carbonyl (C=O) groups is 1. The van der Waals surface area contributed by atoms with Crippen molar-refractivity contribution in [3.05, 3.63) is 70.4 Å². The summed E-state index contributed by atoms with van der Waals surface area (Å²) >= 11 is 0. The Morgan fingerprint density at radius 2 is 1.90 bits per heavy atom. The Balaban J connectivity index is 1.77. The van der Waals surface area contributed by atoms with Crippen LogP contribution in [0.3, 0.4) is 0 Å². The van der Waals surface area contributed by atoms with Crippen molar-refractivity contribution in [2.75, 3.05) is 6.61 Å². The average molecular weight is 390 g/mol. The number of rotatable bonds is 6. The molecule has 4 rings (SSSR count). The number of aryl methyl sites for hydroxylation is 1. The highest BCUT2D eigenvalue weighted by Crippen LogP contribution is 2.17. The van der Waals surface area contributed by atoms with Crippen LogP contribution in [0.5, 0.6) is 0 Å². The Morgan fingerprint density at radius 1 is 1.10 bits per heavy atom.